The molecule has 0 saturated heterocycles. The zero-order valence-electron chi connectivity index (χ0n) is 9.73. The lowest BCUT2D eigenvalue weighted by Crippen LogP contribution is -2.21. The third-order valence-corrected chi connectivity index (χ3v) is 4.89. The van der Waals surface area contributed by atoms with Gasteiger partial charge in [-0.05, 0) is 32.8 Å². The SMILES string of the molecule is CC1(C)C(NCc2occc2Br)C1(C)C. The predicted molar refractivity (Wildman–Crippen MR) is 64.6 cm³/mol. The number of hydrogen-bond donors (Lipinski definition) is 1. The lowest BCUT2D eigenvalue weighted by molar-refractivity contribution is 0.457. The second-order valence-electron chi connectivity index (χ2n) is 5.45. The highest BCUT2D eigenvalue weighted by molar-refractivity contribution is 9.10. The van der Waals surface area contributed by atoms with Crippen LogP contribution in [0.5, 0.6) is 0 Å². The maximum Gasteiger partial charge on any atom is 0.131 e. The first kappa shape index (κ1) is 11.2. The molecule has 2 nitrogen and oxygen atoms in total. The van der Waals surface area contributed by atoms with Crippen LogP contribution in [0.4, 0.5) is 0 Å². The van der Waals surface area contributed by atoms with Crippen molar-refractivity contribution in [3.63, 3.8) is 0 Å². The Hall–Kier alpha value is -0.280. The molecule has 3 heteroatoms. The van der Waals surface area contributed by atoms with Crippen molar-refractivity contribution in [1.29, 1.82) is 0 Å². The molecular weight excluding hydrogens is 254 g/mol. The molecule has 1 aliphatic rings. The minimum absolute atomic E-state index is 0.381. The summed E-state index contributed by atoms with van der Waals surface area (Å²) in [5.41, 5.74) is 0.762. The van der Waals surface area contributed by atoms with Crippen molar-refractivity contribution in [2.75, 3.05) is 0 Å². The van der Waals surface area contributed by atoms with Crippen molar-refractivity contribution in [3.8, 4) is 0 Å². The molecule has 0 bridgehead atoms. The van der Waals surface area contributed by atoms with Crippen LogP contribution in [-0.2, 0) is 6.54 Å². The van der Waals surface area contributed by atoms with Gasteiger partial charge in [-0.15, -0.1) is 0 Å². The van der Waals surface area contributed by atoms with Gasteiger partial charge in [0.05, 0.1) is 17.3 Å². The first-order chi connectivity index (χ1) is 6.87. The number of nitrogens with one attached hydrogen (secondary N) is 1. The van der Waals surface area contributed by atoms with Crippen LogP contribution in [0.2, 0.25) is 0 Å². The van der Waals surface area contributed by atoms with E-state index in [0.29, 0.717) is 16.9 Å². The van der Waals surface area contributed by atoms with Gasteiger partial charge >= 0.3 is 0 Å². The number of halogens is 1. The fraction of sp³-hybridized carbons (Fsp3) is 0.667. The molecule has 0 aromatic carbocycles. The van der Waals surface area contributed by atoms with Crippen LogP contribution in [0, 0.1) is 10.8 Å². The highest BCUT2D eigenvalue weighted by Crippen LogP contribution is 2.62. The van der Waals surface area contributed by atoms with Gasteiger partial charge in [-0.1, -0.05) is 27.7 Å². The quantitative estimate of drug-likeness (QED) is 0.910. The predicted octanol–water partition coefficient (Wildman–Crippen LogP) is 3.57. The molecule has 0 amide bonds. The molecular formula is C12H18BrNO. The lowest BCUT2D eigenvalue weighted by atomic mass is 10.0. The Kier molecular flexibility index (Phi) is 2.51. The average Bonchev–Trinajstić information content (AvgIpc) is 2.49. The number of hydrogen-bond acceptors (Lipinski definition) is 2. The third kappa shape index (κ3) is 1.66. The molecule has 0 unspecified atom stereocenters. The Morgan fingerprint density at radius 1 is 1.33 bits per heavy atom. The Morgan fingerprint density at radius 2 is 1.93 bits per heavy atom. The molecule has 84 valence electrons. The molecule has 1 aliphatic carbocycles. The number of furan rings is 1. The normalized spacial score (nSPS) is 23.0. The molecule has 1 N–H and O–H groups in total. The summed E-state index contributed by atoms with van der Waals surface area (Å²) in [5, 5.41) is 3.56. The van der Waals surface area contributed by atoms with E-state index in [1.165, 1.54) is 0 Å². The van der Waals surface area contributed by atoms with Crippen molar-refractivity contribution in [2.45, 2.75) is 40.3 Å². The zero-order valence-corrected chi connectivity index (χ0v) is 11.3. The van der Waals surface area contributed by atoms with E-state index >= 15 is 0 Å². The van der Waals surface area contributed by atoms with Crippen LogP contribution in [-0.4, -0.2) is 6.04 Å². The van der Waals surface area contributed by atoms with Gasteiger partial charge in [-0.3, -0.25) is 0 Å². The molecule has 2 rings (SSSR count). The second kappa shape index (κ2) is 3.36. The topological polar surface area (TPSA) is 25.2 Å². The molecule has 0 radical (unpaired) electrons. The largest absolute Gasteiger partial charge is 0.467 e. The van der Waals surface area contributed by atoms with Crippen molar-refractivity contribution >= 4 is 15.9 Å². The summed E-state index contributed by atoms with van der Waals surface area (Å²) >= 11 is 3.46. The van der Waals surface area contributed by atoms with E-state index in [-0.39, 0.29) is 0 Å². The Balaban J connectivity index is 1.94. The van der Waals surface area contributed by atoms with Crippen LogP contribution in [0.1, 0.15) is 33.5 Å². The zero-order chi connectivity index (χ0) is 11.3. The Bertz CT molecular complexity index is 353. The van der Waals surface area contributed by atoms with Crippen LogP contribution in [0.25, 0.3) is 0 Å². The summed E-state index contributed by atoms with van der Waals surface area (Å²) in [7, 11) is 0. The van der Waals surface area contributed by atoms with Gasteiger partial charge in [0.25, 0.3) is 0 Å². The monoisotopic (exact) mass is 271 g/mol. The molecule has 1 saturated carbocycles. The van der Waals surface area contributed by atoms with Gasteiger partial charge in [-0.25, -0.2) is 0 Å². The molecule has 1 aromatic rings. The maximum absolute atomic E-state index is 5.37. The fourth-order valence-corrected chi connectivity index (χ4v) is 2.69. The van der Waals surface area contributed by atoms with Crippen LogP contribution in [0.15, 0.2) is 21.2 Å². The summed E-state index contributed by atoms with van der Waals surface area (Å²) in [6, 6.07) is 2.50. The average molecular weight is 272 g/mol. The molecule has 0 aliphatic heterocycles. The van der Waals surface area contributed by atoms with E-state index in [9.17, 15) is 0 Å². The minimum atomic E-state index is 0.381. The van der Waals surface area contributed by atoms with Gasteiger partial charge in [0.15, 0.2) is 0 Å². The van der Waals surface area contributed by atoms with Crippen molar-refractivity contribution in [3.05, 3.63) is 22.6 Å². The summed E-state index contributed by atoms with van der Waals surface area (Å²) in [6.45, 7) is 10.0. The molecule has 1 aromatic heterocycles. The Morgan fingerprint density at radius 3 is 2.33 bits per heavy atom. The van der Waals surface area contributed by atoms with Gasteiger partial charge in [0.1, 0.15) is 5.76 Å². The summed E-state index contributed by atoms with van der Waals surface area (Å²) in [5.74, 6) is 0.980. The van der Waals surface area contributed by atoms with Gasteiger partial charge in [0.2, 0.25) is 0 Å². The van der Waals surface area contributed by atoms with Crippen molar-refractivity contribution in [2.24, 2.45) is 10.8 Å². The molecule has 1 fully saturated rings. The molecule has 15 heavy (non-hydrogen) atoms. The molecule has 1 heterocycles. The second-order valence-corrected chi connectivity index (χ2v) is 6.30. The molecule has 0 spiro atoms. The highest BCUT2D eigenvalue weighted by Gasteiger charge is 2.64. The van der Waals surface area contributed by atoms with Crippen molar-refractivity contribution in [1.82, 2.24) is 5.32 Å². The summed E-state index contributed by atoms with van der Waals surface area (Å²) in [6.07, 6.45) is 1.71. The van der Waals surface area contributed by atoms with E-state index in [4.69, 9.17) is 4.42 Å². The van der Waals surface area contributed by atoms with Gasteiger partial charge in [-0.2, -0.15) is 0 Å². The van der Waals surface area contributed by atoms with Crippen LogP contribution < -0.4 is 5.32 Å². The van der Waals surface area contributed by atoms with E-state index < -0.39 is 0 Å². The van der Waals surface area contributed by atoms with E-state index in [1.807, 2.05) is 6.07 Å². The van der Waals surface area contributed by atoms with E-state index in [1.54, 1.807) is 6.26 Å². The van der Waals surface area contributed by atoms with E-state index in [2.05, 4.69) is 48.9 Å². The van der Waals surface area contributed by atoms with E-state index in [0.717, 1.165) is 16.8 Å². The van der Waals surface area contributed by atoms with Gasteiger partial charge in [0, 0.05) is 6.04 Å². The van der Waals surface area contributed by atoms with Crippen LogP contribution in [0.3, 0.4) is 0 Å². The van der Waals surface area contributed by atoms with Crippen molar-refractivity contribution < 1.29 is 4.42 Å². The summed E-state index contributed by atoms with van der Waals surface area (Å²) in [4.78, 5) is 0. The molecule has 0 atom stereocenters. The number of rotatable bonds is 3. The minimum Gasteiger partial charge on any atom is -0.467 e. The summed E-state index contributed by atoms with van der Waals surface area (Å²) < 4.78 is 6.42. The Labute approximate surface area is 99.6 Å². The first-order valence-corrected chi connectivity index (χ1v) is 6.12. The van der Waals surface area contributed by atoms with Crippen LogP contribution >= 0.6 is 15.9 Å². The fourth-order valence-electron chi connectivity index (χ4n) is 2.35. The standard InChI is InChI=1S/C12H18BrNO/c1-11(2)10(12(11,3)4)14-7-9-8(13)5-6-15-9/h5-6,10,14H,7H2,1-4H3. The lowest BCUT2D eigenvalue weighted by Gasteiger charge is -2.04. The maximum atomic E-state index is 5.37. The van der Waals surface area contributed by atoms with Gasteiger partial charge < -0.3 is 9.73 Å². The highest BCUT2D eigenvalue weighted by atomic mass is 79.9. The first-order valence-electron chi connectivity index (χ1n) is 5.32. The smallest absolute Gasteiger partial charge is 0.131 e. The third-order valence-electron chi connectivity index (χ3n) is 4.18.